The average molecular weight is 344 g/mol. The minimum atomic E-state index is -0.0828. The predicted molar refractivity (Wildman–Crippen MR) is 91.6 cm³/mol. The molecular weight excluding hydrogens is 324 g/mol. The van der Waals surface area contributed by atoms with E-state index in [9.17, 15) is 9.59 Å². The summed E-state index contributed by atoms with van der Waals surface area (Å²) in [6.07, 6.45) is 1.87. The summed E-state index contributed by atoms with van der Waals surface area (Å²) in [6, 6.07) is 5.75. The highest BCUT2D eigenvalue weighted by atomic mass is 32.1. The maximum absolute atomic E-state index is 12.8. The third kappa shape index (κ3) is 3.46. The molecule has 0 aromatic carbocycles. The first-order valence-electron chi connectivity index (χ1n) is 7.97. The second-order valence-corrected chi connectivity index (χ2v) is 6.74. The summed E-state index contributed by atoms with van der Waals surface area (Å²) in [5.74, 6) is -0.0490. The minimum absolute atomic E-state index is 0.0173. The Morgan fingerprint density at radius 1 is 1.42 bits per heavy atom. The fourth-order valence-electron chi connectivity index (χ4n) is 2.95. The molecule has 126 valence electrons. The smallest absolute Gasteiger partial charge is 0.266 e. The van der Waals surface area contributed by atoms with Gasteiger partial charge in [-0.1, -0.05) is 6.07 Å². The number of likely N-dealkylation sites (tertiary alicyclic amines) is 1. The molecule has 3 rings (SSSR count). The van der Waals surface area contributed by atoms with Crippen LogP contribution in [-0.2, 0) is 11.3 Å². The zero-order chi connectivity index (χ0) is 17.1. The van der Waals surface area contributed by atoms with E-state index in [2.05, 4.69) is 15.3 Å². The molecule has 1 N–H and O–H groups in total. The zero-order valence-corrected chi connectivity index (χ0v) is 14.6. The standard InChI is InChI=1S/C17H20N4O2S/c1-11-16(24-10-19-11)17(23)21-8-4-7-15(21)14-6-3-5-13(20-14)9-18-12(2)22/h3,5-6,10,15H,4,7-9H2,1-2H3,(H,18,22)/t15-/m0/s1. The third-order valence-corrected chi connectivity index (χ3v) is 5.06. The molecule has 0 aliphatic carbocycles. The molecule has 1 saturated heterocycles. The van der Waals surface area contributed by atoms with Crippen LogP contribution >= 0.6 is 11.3 Å². The topological polar surface area (TPSA) is 75.2 Å². The van der Waals surface area contributed by atoms with E-state index in [1.165, 1.54) is 18.3 Å². The fourth-order valence-corrected chi connectivity index (χ4v) is 3.71. The quantitative estimate of drug-likeness (QED) is 0.924. The van der Waals surface area contributed by atoms with Crippen molar-refractivity contribution in [1.29, 1.82) is 0 Å². The Kier molecular flexibility index (Phi) is 4.89. The van der Waals surface area contributed by atoms with Crippen molar-refractivity contribution in [2.75, 3.05) is 6.54 Å². The molecule has 1 fully saturated rings. The van der Waals surface area contributed by atoms with E-state index < -0.39 is 0 Å². The summed E-state index contributed by atoms with van der Waals surface area (Å²) in [4.78, 5) is 35.3. The van der Waals surface area contributed by atoms with Crippen LogP contribution in [0.3, 0.4) is 0 Å². The Bertz CT molecular complexity index is 759. The molecule has 1 aliphatic heterocycles. The number of nitrogens with one attached hydrogen (secondary N) is 1. The number of nitrogens with zero attached hydrogens (tertiary/aromatic N) is 3. The molecule has 0 radical (unpaired) electrons. The number of rotatable bonds is 4. The minimum Gasteiger partial charge on any atom is -0.351 e. The SMILES string of the molecule is CC(=O)NCc1cccc([C@@H]2CCCN2C(=O)c2scnc2C)n1. The molecule has 0 spiro atoms. The van der Waals surface area contributed by atoms with Gasteiger partial charge in [-0.3, -0.25) is 14.6 Å². The summed E-state index contributed by atoms with van der Waals surface area (Å²) in [5, 5.41) is 2.75. The van der Waals surface area contributed by atoms with Crippen molar-refractivity contribution in [2.24, 2.45) is 0 Å². The van der Waals surface area contributed by atoms with E-state index >= 15 is 0 Å². The molecule has 2 amide bonds. The summed E-state index contributed by atoms with van der Waals surface area (Å²) in [5.41, 5.74) is 4.17. The van der Waals surface area contributed by atoms with Gasteiger partial charge in [0, 0.05) is 13.5 Å². The summed E-state index contributed by atoms with van der Waals surface area (Å²) in [7, 11) is 0. The maximum atomic E-state index is 12.8. The summed E-state index contributed by atoms with van der Waals surface area (Å²) in [6.45, 7) is 4.48. The van der Waals surface area contributed by atoms with Gasteiger partial charge in [0.25, 0.3) is 5.91 Å². The first-order valence-corrected chi connectivity index (χ1v) is 8.85. The van der Waals surface area contributed by atoms with Gasteiger partial charge in [-0.15, -0.1) is 11.3 Å². The molecule has 2 aromatic rings. The van der Waals surface area contributed by atoms with Gasteiger partial charge in [0.2, 0.25) is 5.91 Å². The van der Waals surface area contributed by atoms with E-state index in [1.54, 1.807) is 5.51 Å². The number of thiazole rings is 1. The Balaban J connectivity index is 1.80. The van der Waals surface area contributed by atoms with Crippen molar-refractivity contribution in [3.05, 3.63) is 45.7 Å². The number of pyridine rings is 1. The summed E-state index contributed by atoms with van der Waals surface area (Å²) >= 11 is 1.39. The lowest BCUT2D eigenvalue weighted by Gasteiger charge is -2.24. The molecule has 1 atom stereocenters. The van der Waals surface area contributed by atoms with Gasteiger partial charge in [-0.2, -0.15) is 0 Å². The molecule has 2 aromatic heterocycles. The second kappa shape index (κ2) is 7.09. The lowest BCUT2D eigenvalue weighted by atomic mass is 10.1. The van der Waals surface area contributed by atoms with Crippen LogP contribution < -0.4 is 5.32 Å². The van der Waals surface area contributed by atoms with Crippen LogP contribution in [0, 0.1) is 6.92 Å². The highest BCUT2D eigenvalue weighted by molar-refractivity contribution is 7.11. The largest absolute Gasteiger partial charge is 0.351 e. The van der Waals surface area contributed by atoms with Crippen LogP contribution in [0.15, 0.2) is 23.7 Å². The van der Waals surface area contributed by atoms with Crippen LogP contribution in [0.25, 0.3) is 0 Å². The van der Waals surface area contributed by atoms with Gasteiger partial charge >= 0.3 is 0 Å². The van der Waals surface area contributed by atoms with E-state index in [-0.39, 0.29) is 17.9 Å². The highest BCUT2D eigenvalue weighted by Crippen LogP contribution is 2.33. The number of carbonyl (C=O) groups excluding carboxylic acids is 2. The molecule has 7 heteroatoms. The molecule has 0 bridgehead atoms. The number of hydrogen-bond donors (Lipinski definition) is 1. The fraction of sp³-hybridized carbons (Fsp3) is 0.412. The normalized spacial score (nSPS) is 17.1. The van der Waals surface area contributed by atoms with Gasteiger partial charge in [-0.05, 0) is 31.9 Å². The van der Waals surface area contributed by atoms with Crippen LogP contribution in [-0.4, -0.2) is 33.2 Å². The first-order chi connectivity index (χ1) is 11.6. The van der Waals surface area contributed by atoms with Crippen molar-refractivity contribution in [2.45, 2.75) is 39.3 Å². The molecule has 0 unspecified atom stereocenters. The number of amides is 2. The van der Waals surface area contributed by atoms with Gasteiger partial charge < -0.3 is 10.2 Å². The Morgan fingerprint density at radius 2 is 2.25 bits per heavy atom. The molecule has 6 nitrogen and oxygen atoms in total. The van der Waals surface area contributed by atoms with Crippen LogP contribution in [0.1, 0.15) is 52.6 Å². The van der Waals surface area contributed by atoms with Crippen molar-refractivity contribution < 1.29 is 9.59 Å². The van der Waals surface area contributed by atoms with Crippen molar-refractivity contribution in [1.82, 2.24) is 20.2 Å². The summed E-state index contributed by atoms with van der Waals surface area (Å²) < 4.78 is 0. The number of carbonyl (C=O) groups is 2. The van der Waals surface area contributed by atoms with E-state index in [0.717, 1.165) is 36.5 Å². The average Bonchev–Trinajstić information content (AvgIpc) is 3.21. The van der Waals surface area contributed by atoms with Gasteiger partial charge in [0.05, 0.1) is 35.2 Å². The zero-order valence-electron chi connectivity index (χ0n) is 13.8. The van der Waals surface area contributed by atoms with E-state index in [0.29, 0.717) is 11.4 Å². The van der Waals surface area contributed by atoms with Crippen molar-refractivity contribution in [3.8, 4) is 0 Å². The third-order valence-electron chi connectivity index (χ3n) is 4.14. The van der Waals surface area contributed by atoms with Crippen LogP contribution in [0.2, 0.25) is 0 Å². The lowest BCUT2D eigenvalue weighted by Crippen LogP contribution is -2.31. The molecular formula is C17H20N4O2S. The van der Waals surface area contributed by atoms with Crippen LogP contribution in [0.4, 0.5) is 0 Å². The van der Waals surface area contributed by atoms with E-state index in [1.807, 2.05) is 30.0 Å². The number of aromatic nitrogens is 2. The van der Waals surface area contributed by atoms with E-state index in [4.69, 9.17) is 0 Å². The first kappa shape index (κ1) is 16.6. The molecule has 24 heavy (non-hydrogen) atoms. The lowest BCUT2D eigenvalue weighted by molar-refractivity contribution is -0.119. The maximum Gasteiger partial charge on any atom is 0.266 e. The monoisotopic (exact) mass is 344 g/mol. The molecule has 0 saturated carbocycles. The Labute approximate surface area is 144 Å². The second-order valence-electron chi connectivity index (χ2n) is 5.89. The number of hydrogen-bond acceptors (Lipinski definition) is 5. The van der Waals surface area contributed by atoms with Gasteiger partial charge in [0.1, 0.15) is 4.88 Å². The Hall–Kier alpha value is -2.28. The molecule has 1 aliphatic rings. The highest BCUT2D eigenvalue weighted by Gasteiger charge is 2.32. The van der Waals surface area contributed by atoms with Gasteiger partial charge in [-0.25, -0.2) is 4.98 Å². The molecule has 3 heterocycles. The van der Waals surface area contributed by atoms with Crippen molar-refractivity contribution in [3.63, 3.8) is 0 Å². The number of aryl methyl sites for hydroxylation is 1. The van der Waals surface area contributed by atoms with Crippen molar-refractivity contribution >= 4 is 23.2 Å². The predicted octanol–water partition coefficient (Wildman–Crippen LogP) is 2.46. The van der Waals surface area contributed by atoms with Crippen LogP contribution in [0.5, 0.6) is 0 Å². The van der Waals surface area contributed by atoms with Gasteiger partial charge in [0.15, 0.2) is 0 Å². The Morgan fingerprint density at radius 3 is 2.96 bits per heavy atom.